The first-order valence-electron chi connectivity index (χ1n) is 11.3. The van der Waals surface area contributed by atoms with Gasteiger partial charge in [0.2, 0.25) is 0 Å². The summed E-state index contributed by atoms with van der Waals surface area (Å²) in [6.45, 7) is 9.00. The van der Waals surface area contributed by atoms with Gasteiger partial charge in [0, 0.05) is 21.9 Å². The Morgan fingerprint density at radius 2 is 1.61 bits per heavy atom. The maximum absolute atomic E-state index is 5.92. The van der Waals surface area contributed by atoms with Gasteiger partial charge in [0.25, 0.3) is 0 Å². The Kier molecular flexibility index (Phi) is 4.46. The topological polar surface area (TPSA) is 26.0 Å². The molecule has 0 fully saturated rings. The number of hydrogen-bond donors (Lipinski definition) is 0. The van der Waals surface area contributed by atoms with E-state index < -0.39 is 0 Å². The van der Waals surface area contributed by atoms with Gasteiger partial charge in [0.15, 0.2) is 0 Å². The Hall–Kier alpha value is -3.43. The predicted molar refractivity (Wildman–Crippen MR) is 141 cm³/mol. The largest absolute Gasteiger partial charge is 0.464 e. The molecule has 6 rings (SSSR count). The number of benzene rings is 3. The van der Waals surface area contributed by atoms with E-state index in [1.165, 1.54) is 32.8 Å². The number of para-hydroxylation sites is 1. The monoisotopic (exact) mass is 447 g/mol. The van der Waals surface area contributed by atoms with Crippen LogP contribution < -0.4 is 0 Å². The van der Waals surface area contributed by atoms with E-state index in [9.17, 15) is 0 Å². The molecule has 162 valence electrons. The Morgan fingerprint density at radius 3 is 2.42 bits per heavy atom. The highest BCUT2D eigenvalue weighted by Gasteiger charge is 2.21. The Balaban J connectivity index is 1.66. The van der Waals surface area contributed by atoms with E-state index in [0.717, 1.165) is 32.6 Å². The maximum Gasteiger partial charge on any atom is 0.134 e. The minimum atomic E-state index is 0.0306. The molecule has 0 aliphatic carbocycles. The number of nitrogens with zero attached hydrogens (tertiary/aromatic N) is 1. The molecule has 2 nitrogen and oxygen atoms in total. The van der Waals surface area contributed by atoms with Crippen molar-refractivity contribution in [2.24, 2.45) is 0 Å². The number of thiophene rings is 1. The number of furan rings is 1. The number of pyridine rings is 1. The van der Waals surface area contributed by atoms with Gasteiger partial charge in [-0.2, -0.15) is 0 Å². The first-order valence-corrected chi connectivity index (χ1v) is 12.2. The third-order valence-corrected chi connectivity index (χ3v) is 7.45. The van der Waals surface area contributed by atoms with E-state index >= 15 is 0 Å². The number of aromatic nitrogens is 1. The molecule has 0 unspecified atom stereocenters. The molecule has 0 radical (unpaired) electrons. The molecular formula is C30H25NOS. The van der Waals surface area contributed by atoms with Crippen molar-refractivity contribution >= 4 is 43.3 Å². The van der Waals surface area contributed by atoms with Crippen molar-refractivity contribution in [2.45, 2.75) is 33.1 Å². The first kappa shape index (κ1) is 20.2. The molecule has 3 heteroatoms. The minimum Gasteiger partial charge on any atom is -0.464 e. The SMILES string of the molecule is Cc1csc2nc(-c3cc(C(C)(C)C)c4ccccc4c3)cc(-c3coc4ccccc34)c12. The lowest BCUT2D eigenvalue weighted by molar-refractivity contribution is 0.596. The summed E-state index contributed by atoms with van der Waals surface area (Å²) >= 11 is 1.71. The van der Waals surface area contributed by atoms with Gasteiger partial charge in [-0.25, -0.2) is 4.98 Å². The average molecular weight is 448 g/mol. The van der Waals surface area contributed by atoms with Gasteiger partial charge in [-0.05, 0) is 69.4 Å². The van der Waals surface area contributed by atoms with Gasteiger partial charge in [-0.3, -0.25) is 0 Å². The van der Waals surface area contributed by atoms with Crippen molar-refractivity contribution in [2.75, 3.05) is 0 Å². The molecular weight excluding hydrogens is 422 g/mol. The summed E-state index contributed by atoms with van der Waals surface area (Å²) in [6.07, 6.45) is 1.89. The minimum absolute atomic E-state index is 0.0306. The van der Waals surface area contributed by atoms with E-state index in [2.05, 4.69) is 87.7 Å². The van der Waals surface area contributed by atoms with Crippen molar-refractivity contribution in [1.82, 2.24) is 4.98 Å². The van der Waals surface area contributed by atoms with Crippen LogP contribution in [0.2, 0.25) is 0 Å². The van der Waals surface area contributed by atoms with Gasteiger partial charge in [0.05, 0.1) is 12.0 Å². The molecule has 3 heterocycles. The molecule has 6 aromatic rings. The Bertz CT molecular complexity index is 1660. The Labute approximate surface area is 197 Å². The smallest absolute Gasteiger partial charge is 0.134 e. The second kappa shape index (κ2) is 7.29. The van der Waals surface area contributed by atoms with Gasteiger partial charge in [-0.15, -0.1) is 11.3 Å². The summed E-state index contributed by atoms with van der Waals surface area (Å²) in [4.78, 5) is 6.20. The summed E-state index contributed by atoms with van der Waals surface area (Å²) in [7, 11) is 0. The Morgan fingerprint density at radius 1 is 0.848 bits per heavy atom. The quantitative estimate of drug-likeness (QED) is 0.264. The van der Waals surface area contributed by atoms with Gasteiger partial charge in [0.1, 0.15) is 10.4 Å². The third-order valence-electron chi connectivity index (χ3n) is 6.46. The lowest BCUT2D eigenvalue weighted by Gasteiger charge is -2.23. The fraction of sp³-hybridized carbons (Fsp3) is 0.167. The summed E-state index contributed by atoms with van der Waals surface area (Å²) in [5.41, 5.74) is 8.00. The van der Waals surface area contributed by atoms with E-state index in [1.807, 2.05) is 18.4 Å². The van der Waals surface area contributed by atoms with E-state index in [1.54, 1.807) is 11.3 Å². The van der Waals surface area contributed by atoms with Crippen LogP contribution in [0.4, 0.5) is 0 Å². The molecule has 33 heavy (non-hydrogen) atoms. The van der Waals surface area contributed by atoms with Crippen molar-refractivity contribution in [3.63, 3.8) is 0 Å². The van der Waals surface area contributed by atoms with Crippen LogP contribution in [-0.4, -0.2) is 4.98 Å². The van der Waals surface area contributed by atoms with E-state index in [0.29, 0.717) is 0 Å². The lowest BCUT2D eigenvalue weighted by Crippen LogP contribution is -2.12. The molecule has 0 bridgehead atoms. The fourth-order valence-electron chi connectivity index (χ4n) is 4.82. The van der Waals surface area contributed by atoms with E-state index in [-0.39, 0.29) is 5.41 Å². The number of hydrogen-bond acceptors (Lipinski definition) is 3. The number of aryl methyl sites for hydroxylation is 1. The molecule has 0 atom stereocenters. The molecule has 3 aromatic carbocycles. The highest BCUT2D eigenvalue weighted by molar-refractivity contribution is 7.17. The van der Waals surface area contributed by atoms with Crippen LogP contribution in [0.3, 0.4) is 0 Å². The van der Waals surface area contributed by atoms with Crippen molar-refractivity contribution in [1.29, 1.82) is 0 Å². The second-order valence-electron chi connectivity index (χ2n) is 9.79. The lowest BCUT2D eigenvalue weighted by atomic mass is 9.82. The van der Waals surface area contributed by atoms with Crippen LogP contribution in [0, 0.1) is 6.92 Å². The van der Waals surface area contributed by atoms with Crippen LogP contribution >= 0.6 is 11.3 Å². The number of fused-ring (bicyclic) bond motifs is 3. The molecule has 0 saturated heterocycles. The van der Waals surface area contributed by atoms with Crippen molar-refractivity contribution in [3.8, 4) is 22.4 Å². The first-order chi connectivity index (χ1) is 15.9. The predicted octanol–water partition coefficient (Wildman–Crippen LogP) is 9.14. The zero-order valence-electron chi connectivity index (χ0n) is 19.3. The summed E-state index contributed by atoms with van der Waals surface area (Å²) in [5, 5.41) is 7.11. The zero-order valence-corrected chi connectivity index (χ0v) is 20.1. The van der Waals surface area contributed by atoms with Crippen LogP contribution in [0.1, 0.15) is 31.9 Å². The van der Waals surface area contributed by atoms with Crippen LogP contribution in [-0.2, 0) is 5.41 Å². The molecule has 0 spiro atoms. The maximum atomic E-state index is 5.92. The molecule has 3 aromatic heterocycles. The fourth-order valence-corrected chi connectivity index (χ4v) is 5.76. The third kappa shape index (κ3) is 3.27. The average Bonchev–Trinajstić information content (AvgIpc) is 3.41. The highest BCUT2D eigenvalue weighted by atomic mass is 32.1. The summed E-state index contributed by atoms with van der Waals surface area (Å²) in [6, 6.07) is 23.8. The standard InChI is InChI=1S/C30H25NOS/c1-18-17-33-29-28(18)23(24-16-32-27-12-8-7-11-22(24)27)15-26(31-29)20-13-19-9-5-6-10-21(19)25(14-20)30(2,3)4/h5-17H,1-4H3. The van der Waals surface area contributed by atoms with Crippen LogP contribution in [0.25, 0.3) is 54.3 Å². The molecule has 0 N–H and O–H groups in total. The van der Waals surface area contributed by atoms with Crippen LogP contribution in [0.5, 0.6) is 0 Å². The number of rotatable bonds is 2. The summed E-state index contributed by atoms with van der Waals surface area (Å²) < 4.78 is 5.92. The van der Waals surface area contributed by atoms with Crippen molar-refractivity contribution < 1.29 is 4.42 Å². The van der Waals surface area contributed by atoms with Gasteiger partial charge >= 0.3 is 0 Å². The molecule has 0 aliphatic heterocycles. The molecule has 0 amide bonds. The summed E-state index contributed by atoms with van der Waals surface area (Å²) in [5.74, 6) is 0. The van der Waals surface area contributed by atoms with Gasteiger partial charge < -0.3 is 4.42 Å². The highest BCUT2D eigenvalue weighted by Crippen LogP contribution is 2.41. The normalized spacial score (nSPS) is 12.2. The second-order valence-corrected chi connectivity index (χ2v) is 10.7. The zero-order chi connectivity index (χ0) is 22.7. The molecule has 0 saturated carbocycles. The van der Waals surface area contributed by atoms with Crippen LogP contribution in [0.15, 0.2) is 82.8 Å². The molecule has 0 aliphatic rings. The van der Waals surface area contributed by atoms with Crippen molar-refractivity contribution in [3.05, 3.63) is 89.5 Å². The van der Waals surface area contributed by atoms with Gasteiger partial charge in [-0.1, -0.05) is 63.2 Å². The van der Waals surface area contributed by atoms with E-state index in [4.69, 9.17) is 9.40 Å².